The average molecular weight is 2130 g/mol. The Hall–Kier alpha value is -8.52. The minimum Gasteiger partial charge on any atom is -0.497 e. The first-order valence-corrected chi connectivity index (χ1v) is 64.7. The van der Waals surface area contributed by atoms with Crippen molar-refractivity contribution in [3.8, 4) is 17.2 Å². The molecule has 0 bridgehead atoms. The van der Waals surface area contributed by atoms with Crippen LogP contribution in [0.2, 0.25) is 66.5 Å². The maximum Gasteiger partial charge on any atom is 0.335 e. The molecule has 6 fully saturated rings. The van der Waals surface area contributed by atoms with Gasteiger partial charge in [-0.15, -0.1) is 0 Å². The first kappa shape index (κ1) is 114. The molecule has 45 heteroatoms. The van der Waals surface area contributed by atoms with Crippen LogP contribution < -0.4 is 30.2 Å². The third kappa shape index (κ3) is 23.5. The van der Waals surface area contributed by atoms with Crippen molar-refractivity contribution in [2.24, 2.45) is 17.8 Å². The molecule has 9 aromatic rings. The molecule has 0 saturated carbocycles. The number of methoxy groups -OCH3 is 3. The van der Waals surface area contributed by atoms with E-state index in [0.29, 0.717) is 99.9 Å². The van der Waals surface area contributed by atoms with Gasteiger partial charge in [0.25, 0.3) is 27.8 Å². The number of benzene rings is 3. The molecule has 145 heavy (non-hydrogen) atoms. The van der Waals surface area contributed by atoms with Crippen LogP contribution in [-0.2, 0) is 72.2 Å². The number of hydrogen-bond acceptors (Lipinski definition) is 32. The van der Waals surface area contributed by atoms with Crippen LogP contribution >= 0.6 is 0 Å². The van der Waals surface area contributed by atoms with E-state index in [1.165, 1.54) is 19.0 Å². The molecule has 0 spiro atoms. The lowest BCUT2D eigenvalue weighted by molar-refractivity contribution is -0.121. The third-order valence-electron chi connectivity index (χ3n) is 29.3. The minimum absolute atomic E-state index is 0.0435. The smallest absolute Gasteiger partial charge is 0.335 e. The van der Waals surface area contributed by atoms with Crippen molar-refractivity contribution in [3.05, 3.63) is 127 Å². The van der Waals surface area contributed by atoms with Crippen molar-refractivity contribution in [2.75, 3.05) is 76.6 Å². The average Bonchev–Trinajstić information content (AvgIpc) is 1.67. The number of nitrogens with one attached hydrogen (secondary N) is 3. The lowest BCUT2D eigenvalue weighted by Crippen LogP contribution is -2.65. The van der Waals surface area contributed by atoms with Gasteiger partial charge in [0.15, 0.2) is 50.9 Å². The monoisotopic (exact) mass is 2130 g/mol. The summed E-state index contributed by atoms with van der Waals surface area (Å²) in [5.74, 6) is 0.873. The number of carbonyl (C=O) groups excluding carboxylic acids is 4. The number of fused-ring (bicyclic) bond motifs is 6. The van der Waals surface area contributed by atoms with E-state index < -0.39 is 111 Å². The van der Waals surface area contributed by atoms with Gasteiger partial charge in [-0.1, -0.05) is 173 Å². The first-order chi connectivity index (χ1) is 68.7. The molecule has 0 radical (unpaired) electrons. The summed E-state index contributed by atoms with van der Waals surface area (Å²) >= 11 is 0. The maximum atomic E-state index is 13.4. The highest BCUT2D eigenvalue weighted by Gasteiger charge is 2.66. The zero-order valence-corrected chi connectivity index (χ0v) is 96.3. The predicted octanol–water partition coefficient (Wildman–Crippen LogP) is 19.2. The summed E-state index contributed by atoms with van der Waals surface area (Å²) < 4.78 is 136. The van der Waals surface area contributed by atoms with E-state index in [-0.39, 0.29) is 158 Å². The largest absolute Gasteiger partial charge is 0.497 e. The molecule has 12 atom stereocenters. The van der Waals surface area contributed by atoms with E-state index in [2.05, 4.69) is 227 Å². The van der Waals surface area contributed by atoms with Crippen molar-refractivity contribution < 1.29 is 104 Å². The highest BCUT2D eigenvalue weighted by atomic mass is 32.2. The Balaban J connectivity index is 0.000000182. The van der Waals surface area contributed by atoms with E-state index in [4.69, 9.17) is 71.5 Å². The number of Topliss-reactive ketones (excluding diaryl/α,β-unsaturated/α-hetero) is 1. The number of aliphatic hydroxyl groups excluding tert-OH is 1. The number of nitrogens with zero attached hydrogens (tertiary/aromatic N) is 12. The van der Waals surface area contributed by atoms with Crippen molar-refractivity contribution >= 4 is 136 Å². The van der Waals surface area contributed by atoms with Crippen LogP contribution in [0.3, 0.4) is 0 Å². The Labute approximate surface area is 859 Å². The summed E-state index contributed by atoms with van der Waals surface area (Å²) in [4.78, 5) is 93.4. The summed E-state index contributed by atoms with van der Waals surface area (Å²) in [5.41, 5.74) is 5.81. The summed E-state index contributed by atoms with van der Waals surface area (Å²) in [6.07, 6.45) is 7.85. The summed E-state index contributed by atoms with van der Waals surface area (Å²) in [6, 6.07) is 20.4. The van der Waals surface area contributed by atoms with Gasteiger partial charge in [0.2, 0.25) is 0 Å². The van der Waals surface area contributed by atoms with Crippen LogP contribution in [0.4, 0.5) is 17.5 Å². The van der Waals surface area contributed by atoms with Gasteiger partial charge in [0, 0.05) is 53.9 Å². The lowest BCUT2D eigenvalue weighted by atomic mass is 9.92. The molecule has 15 rings (SSSR count). The quantitative estimate of drug-likeness (QED) is 0.0215. The second-order valence-corrected chi connectivity index (χ2v) is 70.5. The number of rotatable bonds is 34. The van der Waals surface area contributed by atoms with Gasteiger partial charge in [-0.2, -0.15) is 8.42 Å². The molecule has 12 heterocycles. The van der Waals surface area contributed by atoms with Crippen LogP contribution in [-0.4, -0.2) is 244 Å². The zero-order chi connectivity index (χ0) is 106. The van der Waals surface area contributed by atoms with Gasteiger partial charge >= 0.3 is 51.4 Å². The summed E-state index contributed by atoms with van der Waals surface area (Å²) in [6.45, 7) is 55.1. The number of aromatic nitrogens is 12. The standard InChI is InChI=1S/C35H53N5O7Si2.C33H51N5O9SSi2.C32H49N5O7Si2/c1-11-12-26(41)17-28-31-29(18-44-48(21(2)3,22(4)5)47-49(46-31,23(6)7)24(8)9)45-35(28)40-20-38-30-32(36-19-37-33(30)40)39-34(42)25-13-15-27(43-10)16-14-25;1-20(2)49(21(3)4)44-17-27-29(46-50(47-49,22(5)6)23(7)8)26(15-16-43-48(10,40)41)33(45-27)38-19-36-28-30(34-18-35-31(28)38)37-32(39)24-11-13-25(42-9)14-12-24;1-19(2)45(20(3)4)41-16-26-28(43-46(44-45,21(5)6)22(7)8)25(14-15-38)32(42-26)37-18-35-27-29(33-17-34-30(27)37)36-31(39)23-10-12-24(40-9)13-11-23/h13-16,19-24,28-29,31,35H,11-12,17-18H2,1-10H3,(H,36,37,39,42);11-14,18-23,26-27,29,33H,15-17H2,1-10H3,(H,34,35,37,39);10-13,17-22,25-26,28,32,38H,14-16H2,1-9H3,(H,33,34,36,39)/t28-,29+,31-,35+;26-,27+,29-,33+;25-,26+,28-,32+/m000/s1. The van der Waals surface area contributed by atoms with Crippen molar-refractivity contribution in [1.82, 2.24) is 58.6 Å². The van der Waals surface area contributed by atoms with Gasteiger partial charge in [0.1, 0.15) is 79.0 Å². The van der Waals surface area contributed by atoms with Crippen LogP contribution in [0.5, 0.6) is 17.2 Å². The molecular formula is C100H153N15O23SSi6. The molecular weight excluding hydrogens is 1980 g/mol. The number of hydrogen-bond donors (Lipinski definition) is 4. The first-order valence-electron chi connectivity index (χ1n) is 51.1. The molecule has 3 aromatic carbocycles. The molecule has 3 amide bonds. The van der Waals surface area contributed by atoms with E-state index in [1.807, 2.05) is 16.1 Å². The number of imidazole rings is 3. The fraction of sp³-hybridized carbons (Fsp3) is 0.630. The Kier molecular flexibility index (Phi) is 37.1. The van der Waals surface area contributed by atoms with Crippen LogP contribution in [0.15, 0.2) is 111 Å². The highest BCUT2D eigenvalue weighted by Crippen LogP contribution is 2.56. The van der Waals surface area contributed by atoms with E-state index in [9.17, 15) is 32.7 Å². The molecule has 4 N–H and O–H groups in total. The third-order valence-corrected chi connectivity index (χ3v) is 60.6. The number of amides is 3. The molecule has 6 aliphatic rings. The number of ketones is 1. The highest BCUT2D eigenvalue weighted by molar-refractivity contribution is 7.86. The SMILES string of the molecule is CCCC(=O)C[C@H]1[C@@H]2O[Si](C(C)C)(C(C)C)O[Si](C(C)C)(C(C)C)OC[C@H]2O[C@H]1n1cnc2c(NC(=O)c3ccc(OC)cc3)ncnc21.COc1ccc(C(=O)Nc2ncnc3c2ncn3[C@@H]2O[C@@H]3CO[Si](C(C)C)(C(C)C)O[Si](C(C)C)(C(C)C)O[C@H]3[C@@H]2CCO)cc1.COc1ccc(C(=O)Nc2ncnc3c2ncn3[C@@H]2O[C@@H]3CO[Si](C(C)C)(C(C)C)O[Si](C(C)C)(C(C)C)O[C@H]3[C@@H]2CCOS(C)(=O)=O)cc1. The Morgan fingerprint density at radius 1 is 0.393 bits per heavy atom. The zero-order valence-electron chi connectivity index (χ0n) is 89.5. The second kappa shape index (κ2) is 47.3. The summed E-state index contributed by atoms with van der Waals surface area (Å²) in [7, 11) is -16.3. The van der Waals surface area contributed by atoms with Gasteiger partial charge in [-0.25, -0.2) is 44.9 Å². The number of anilines is 3. The summed E-state index contributed by atoms with van der Waals surface area (Å²) in [5, 5.41) is 18.9. The Bertz CT molecular complexity index is 5950. The molecule has 6 aromatic heterocycles. The van der Waals surface area contributed by atoms with Crippen molar-refractivity contribution in [2.45, 2.75) is 327 Å². The second-order valence-electron chi connectivity index (χ2n) is 42.4. The lowest BCUT2D eigenvalue weighted by Gasteiger charge is -2.51. The van der Waals surface area contributed by atoms with E-state index >= 15 is 0 Å². The number of aliphatic hydroxyl groups is 1. The van der Waals surface area contributed by atoms with Crippen molar-refractivity contribution in [3.63, 3.8) is 0 Å². The molecule has 6 aliphatic heterocycles. The Morgan fingerprint density at radius 3 is 0.917 bits per heavy atom. The maximum absolute atomic E-state index is 13.4. The van der Waals surface area contributed by atoms with Gasteiger partial charge in [-0.3, -0.25) is 37.1 Å². The van der Waals surface area contributed by atoms with Crippen LogP contribution in [0, 0.1) is 17.8 Å². The minimum atomic E-state index is -3.70. The molecule has 6 saturated heterocycles. The van der Waals surface area contributed by atoms with E-state index in [0.717, 1.165) is 12.7 Å². The topological polar surface area (TPSA) is 437 Å². The molecule has 38 nitrogen and oxygen atoms in total. The van der Waals surface area contributed by atoms with Crippen LogP contribution in [0.1, 0.15) is 255 Å². The van der Waals surface area contributed by atoms with Gasteiger partial charge in [-0.05, 0) is 159 Å². The van der Waals surface area contributed by atoms with Gasteiger partial charge in [0.05, 0.1) is 91.3 Å². The molecule has 796 valence electrons. The predicted molar refractivity (Wildman–Crippen MR) is 564 cm³/mol. The van der Waals surface area contributed by atoms with Gasteiger partial charge < -0.3 is 88.4 Å². The number of carbonyl (C=O) groups is 4. The molecule has 0 aliphatic carbocycles. The Morgan fingerprint density at radius 2 is 0.662 bits per heavy atom. The molecule has 0 unspecified atom stereocenters. The normalized spacial score (nSPS) is 23.9. The van der Waals surface area contributed by atoms with Crippen LogP contribution in [0.25, 0.3) is 33.5 Å². The van der Waals surface area contributed by atoms with Crippen molar-refractivity contribution in [1.29, 1.82) is 0 Å². The van der Waals surface area contributed by atoms with E-state index in [1.54, 1.807) is 118 Å². The fourth-order valence-corrected chi connectivity index (χ4v) is 55.8. The number of ether oxygens (including phenoxy) is 6. The fourth-order valence-electron chi connectivity index (χ4n) is 21.6.